The summed E-state index contributed by atoms with van der Waals surface area (Å²) in [6, 6.07) is 9.66. The summed E-state index contributed by atoms with van der Waals surface area (Å²) in [4.78, 5) is 21.9. The lowest BCUT2D eigenvalue weighted by Gasteiger charge is -2.09. The van der Waals surface area contributed by atoms with E-state index in [-0.39, 0.29) is 12.3 Å². The number of nitro benzene ring substituents is 1. The minimum atomic E-state index is -0.460. The molecule has 2 aromatic rings. The van der Waals surface area contributed by atoms with Gasteiger partial charge in [0.2, 0.25) is 0 Å². The second kappa shape index (κ2) is 10.3. The molecular weight excluding hydrogens is 550 g/mol. The van der Waals surface area contributed by atoms with E-state index in [0.717, 1.165) is 10.0 Å². The van der Waals surface area contributed by atoms with Crippen LogP contribution < -0.4 is 10.2 Å². The van der Waals surface area contributed by atoms with Crippen LogP contribution in [0.25, 0.3) is 6.08 Å². The molecule has 0 fully saturated rings. The van der Waals surface area contributed by atoms with Crippen molar-refractivity contribution < 1.29 is 14.5 Å². The summed E-state index contributed by atoms with van der Waals surface area (Å²) in [5, 5.41) is 14.4. The summed E-state index contributed by atoms with van der Waals surface area (Å²) < 4.78 is 7.73. The van der Waals surface area contributed by atoms with Crippen molar-refractivity contribution >= 4 is 71.7 Å². The van der Waals surface area contributed by atoms with E-state index in [1.165, 1.54) is 18.3 Å². The van der Waals surface area contributed by atoms with E-state index >= 15 is 0 Å². The number of benzene rings is 2. The van der Waals surface area contributed by atoms with E-state index in [1.54, 1.807) is 36.4 Å². The highest BCUT2D eigenvalue weighted by molar-refractivity contribution is 9.11. The molecule has 2 rings (SSSR count). The second-order valence-corrected chi connectivity index (χ2v) is 7.63. The van der Waals surface area contributed by atoms with Gasteiger partial charge in [0.15, 0.2) is 6.61 Å². The molecule has 0 aliphatic heterocycles. The van der Waals surface area contributed by atoms with Crippen LogP contribution in [0.3, 0.4) is 0 Å². The predicted octanol–water partition coefficient (Wildman–Crippen LogP) is 5.08. The molecule has 27 heavy (non-hydrogen) atoms. The van der Waals surface area contributed by atoms with Gasteiger partial charge in [0.25, 0.3) is 11.6 Å². The van der Waals surface area contributed by atoms with Crippen molar-refractivity contribution in [2.75, 3.05) is 6.61 Å². The van der Waals surface area contributed by atoms with Crippen molar-refractivity contribution in [3.8, 4) is 5.75 Å². The molecule has 0 saturated carbocycles. The van der Waals surface area contributed by atoms with E-state index in [1.807, 2.05) is 0 Å². The van der Waals surface area contributed by atoms with Gasteiger partial charge in [0.1, 0.15) is 5.75 Å². The monoisotopic (exact) mass is 559 g/mol. The molecule has 0 unspecified atom stereocenters. The van der Waals surface area contributed by atoms with Crippen LogP contribution in [0.5, 0.6) is 5.75 Å². The van der Waals surface area contributed by atoms with Gasteiger partial charge in [-0.1, -0.05) is 22.0 Å². The Kier molecular flexibility index (Phi) is 8.14. The average Bonchev–Trinajstić information content (AvgIpc) is 2.61. The first kappa shape index (κ1) is 21.3. The topological polar surface area (TPSA) is 93.8 Å². The number of hydrogen-bond acceptors (Lipinski definition) is 5. The number of carbonyl (C=O) groups excluding carboxylic acids is 1. The lowest BCUT2D eigenvalue weighted by Crippen LogP contribution is -2.24. The zero-order valence-electron chi connectivity index (χ0n) is 13.6. The summed E-state index contributed by atoms with van der Waals surface area (Å²) in [6.45, 7) is -0.206. The van der Waals surface area contributed by atoms with Gasteiger partial charge in [-0.3, -0.25) is 14.9 Å². The van der Waals surface area contributed by atoms with Gasteiger partial charge in [0, 0.05) is 22.8 Å². The smallest absolute Gasteiger partial charge is 0.277 e. The highest BCUT2D eigenvalue weighted by atomic mass is 79.9. The first-order valence-electron chi connectivity index (χ1n) is 7.37. The Morgan fingerprint density at radius 3 is 2.41 bits per heavy atom. The number of nitro groups is 1. The van der Waals surface area contributed by atoms with Crippen LogP contribution in [0.4, 0.5) is 5.69 Å². The number of nitrogens with one attached hydrogen (secondary N) is 1. The maximum Gasteiger partial charge on any atom is 0.277 e. The van der Waals surface area contributed by atoms with Crippen LogP contribution >= 0.6 is 47.8 Å². The minimum absolute atomic E-state index is 0.0251. The van der Waals surface area contributed by atoms with Gasteiger partial charge < -0.3 is 4.74 Å². The normalized spacial score (nSPS) is 11.1. The van der Waals surface area contributed by atoms with Crippen molar-refractivity contribution in [3.05, 3.63) is 71.6 Å². The Balaban J connectivity index is 1.80. The average molecular weight is 562 g/mol. The molecule has 0 atom stereocenters. The first-order valence-corrected chi connectivity index (χ1v) is 9.75. The van der Waals surface area contributed by atoms with Crippen LogP contribution in [0.15, 0.2) is 61.0 Å². The number of halogens is 3. The fraction of sp³-hybridized carbons (Fsp3) is 0.0588. The molecule has 0 aliphatic rings. The molecule has 0 radical (unpaired) electrons. The number of ether oxygens (including phenoxy) is 1. The van der Waals surface area contributed by atoms with Gasteiger partial charge >= 0.3 is 0 Å². The SMILES string of the molecule is O=C(COc1c(Br)cc(Br)cc1Br)NN=CC=Cc1ccc([N+](=O)[O-])cc1. The van der Waals surface area contributed by atoms with E-state index in [2.05, 4.69) is 58.3 Å². The number of hydrogen-bond donors (Lipinski definition) is 1. The summed E-state index contributed by atoms with van der Waals surface area (Å²) in [6.07, 6.45) is 4.70. The van der Waals surface area contributed by atoms with E-state index in [9.17, 15) is 14.9 Å². The van der Waals surface area contributed by atoms with Crippen LogP contribution in [-0.4, -0.2) is 23.7 Å². The van der Waals surface area contributed by atoms with Gasteiger partial charge in [0.05, 0.1) is 13.9 Å². The van der Waals surface area contributed by atoms with Gasteiger partial charge in [-0.25, -0.2) is 5.43 Å². The summed E-state index contributed by atoms with van der Waals surface area (Å²) >= 11 is 10.1. The third-order valence-electron chi connectivity index (χ3n) is 3.05. The molecule has 1 N–H and O–H groups in total. The number of non-ortho nitro benzene ring substituents is 1. The van der Waals surface area contributed by atoms with Gasteiger partial charge in [-0.2, -0.15) is 5.10 Å². The van der Waals surface area contributed by atoms with Gasteiger partial charge in [-0.05, 0) is 67.8 Å². The molecule has 0 aromatic heterocycles. The molecule has 0 heterocycles. The fourth-order valence-electron chi connectivity index (χ4n) is 1.85. The quantitative estimate of drug-likeness (QED) is 0.290. The van der Waals surface area contributed by atoms with Crippen LogP contribution in [0.1, 0.15) is 5.56 Å². The highest BCUT2D eigenvalue weighted by Gasteiger charge is 2.10. The first-order chi connectivity index (χ1) is 12.9. The zero-order chi connectivity index (χ0) is 19.8. The van der Waals surface area contributed by atoms with E-state index < -0.39 is 10.8 Å². The van der Waals surface area contributed by atoms with Gasteiger partial charge in [-0.15, -0.1) is 0 Å². The Bertz CT molecular complexity index is 876. The number of hydrazone groups is 1. The summed E-state index contributed by atoms with van der Waals surface area (Å²) in [7, 11) is 0. The molecule has 1 amide bonds. The molecule has 0 spiro atoms. The van der Waals surface area contributed by atoms with E-state index in [0.29, 0.717) is 14.7 Å². The third kappa shape index (κ3) is 6.89. The van der Waals surface area contributed by atoms with E-state index in [4.69, 9.17) is 4.74 Å². The fourth-order valence-corrected chi connectivity index (χ4v) is 4.34. The van der Waals surface area contributed by atoms with Crippen molar-refractivity contribution in [3.63, 3.8) is 0 Å². The van der Waals surface area contributed by atoms with Crippen molar-refractivity contribution in [2.45, 2.75) is 0 Å². The number of amides is 1. The highest BCUT2D eigenvalue weighted by Crippen LogP contribution is 2.36. The molecule has 0 bridgehead atoms. The predicted molar refractivity (Wildman–Crippen MR) is 114 cm³/mol. The molecule has 0 saturated heterocycles. The van der Waals surface area contributed by atoms with Crippen molar-refractivity contribution in [2.24, 2.45) is 5.10 Å². The number of nitrogens with zero attached hydrogens (tertiary/aromatic N) is 2. The van der Waals surface area contributed by atoms with Crippen LogP contribution in [0, 0.1) is 10.1 Å². The number of rotatable bonds is 7. The zero-order valence-corrected chi connectivity index (χ0v) is 18.3. The third-order valence-corrected chi connectivity index (χ3v) is 4.69. The standard InChI is InChI=1S/C17H12Br3N3O4/c18-12-8-14(19)17(15(20)9-12)27-10-16(24)22-21-7-1-2-11-3-5-13(6-4-11)23(25)26/h1-9H,10H2,(H,22,24). The Labute approximate surface area is 180 Å². The van der Waals surface area contributed by atoms with Crippen LogP contribution in [-0.2, 0) is 4.79 Å². The van der Waals surface area contributed by atoms with Crippen molar-refractivity contribution in [1.29, 1.82) is 0 Å². The molecule has 140 valence electrons. The Morgan fingerprint density at radius 1 is 1.19 bits per heavy atom. The lowest BCUT2D eigenvalue weighted by molar-refractivity contribution is -0.384. The summed E-state index contributed by atoms with van der Waals surface area (Å²) in [5.41, 5.74) is 3.13. The molecule has 10 heteroatoms. The molecule has 0 aliphatic carbocycles. The Hall–Kier alpha value is -2.04. The van der Waals surface area contributed by atoms with Crippen LogP contribution in [0.2, 0.25) is 0 Å². The second-order valence-electron chi connectivity index (χ2n) is 5.01. The lowest BCUT2D eigenvalue weighted by atomic mass is 10.2. The Morgan fingerprint density at radius 2 is 1.81 bits per heavy atom. The summed E-state index contributed by atoms with van der Waals surface area (Å²) in [5.74, 6) is 0.0899. The number of allylic oxidation sites excluding steroid dienone is 1. The number of carbonyl (C=O) groups is 1. The largest absolute Gasteiger partial charge is 0.481 e. The minimum Gasteiger partial charge on any atom is -0.481 e. The van der Waals surface area contributed by atoms with Crippen molar-refractivity contribution in [1.82, 2.24) is 5.43 Å². The maximum atomic E-state index is 11.8. The molecule has 2 aromatic carbocycles. The maximum absolute atomic E-state index is 11.8. The molecular formula is C17H12Br3N3O4. The molecule has 7 nitrogen and oxygen atoms in total.